The number of hydrogen-bond donors (Lipinski definition) is 2. The maximum Gasteiger partial charge on any atom is 0.341 e. The summed E-state index contributed by atoms with van der Waals surface area (Å²) in [7, 11) is 0. The predicted molar refractivity (Wildman–Crippen MR) is 150 cm³/mol. The number of aryl methyl sites for hydroxylation is 1. The van der Waals surface area contributed by atoms with Gasteiger partial charge in [-0.15, -0.1) is 11.8 Å². The molecule has 0 spiro atoms. The van der Waals surface area contributed by atoms with Crippen molar-refractivity contribution in [1.82, 2.24) is 9.97 Å². The van der Waals surface area contributed by atoms with Gasteiger partial charge in [0.1, 0.15) is 11.6 Å². The molecule has 4 aromatic rings. The normalized spacial score (nSPS) is 10.9. The lowest BCUT2D eigenvalue weighted by atomic mass is 10.2. The Hall–Kier alpha value is -3.23. The number of fused-ring (bicyclic) bond motifs is 1. The minimum absolute atomic E-state index is 0.319. The zero-order chi connectivity index (χ0) is 25.2. The largest absolute Gasteiger partial charge is 0.482 e. The lowest BCUT2D eigenvalue weighted by Gasteiger charge is -2.11. The maximum absolute atomic E-state index is 10.7. The number of carboxylic acids is 1. The van der Waals surface area contributed by atoms with Crippen molar-refractivity contribution in [1.29, 1.82) is 0 Å². The van der Waals surface area contributed by atoms with E-state index in [4.69, 9.17) is 19.8 Å². The Morgan fingerprint density at radius 1 is 0.972 bits per heavy atom. The van der Waals surface area contributed by atoms with Crippen LogP contribution in [0.2, 0.25) is 0 Å². The first-order valence-corrected chi connectivity index (χ1v) is 14.0. The molecule has 8 heteroatoms. The summed E-state index contributed by atoms with van der Waals surface area (Å²) in [6.45, 7) is 2.47. The molecule has 6 nitrogen and oxygen atoms in total. The molecule has 4 rings (SSSR count). The number of rotatable bonds is 13. The van der Waals surface area contributed by atoms with Crippen molar-refractivity contribution in [3.8, 4) is 17.1 Å². The Morgan fingerprint density at radius 3 is 2.58 bits per heavy atom. The zero-order valence-electron chi connectivity index (χ0n) is 20.1. The Bertz CT molecular complexity index is 1300. The van der Waals surface area contributed by atoms with Gasteiger partial charge in [0.2, 0.25) is 0 Å². The molecule has 0 saturated carbocycles. The molecule has 0 bridgehead atoms. The van der Waals surface area contributed by atoms with Crippen molar-refractivity contribution >= 4 is 46.2 Å². The second-order valence-electron chi connectivity index (χ2n) is 8.13. The lowest BCUT2D eigenvalue weighted by Crippen LogP contribution is -2.10. The highest BCUT2D eigenvalue weighted by Gasteiger charge is 2.09. The van der Waals surface area contributed by atoms with Gasteiger partial charge in [-0.25, -0.2) is 14.8 Å². The number of benzene rings is 3. The molecule has 3 aromatic carbocycles. The number of carboxylic acid groups (broad SMARTS) is 1. The standard InChI is InChI=1S/C28H29N3O3S2/c1-20-18-22(12-13-25(20)34-19-26(32)33)36-17-16-35-15-7-14-29-28-23-10-5-6-11-24(23)30-27(31-28)21-8-3-2-4-9-21/h2-6,8-13,18H,7,14-17,19H2,1H3,(H,32,33)(H,29,30,31). The van der Waals surface area contributed by atoms with E-state index in [9.17, 15) is 4.79 Å². The number of nitrogens with one attached hydrogen (secondary N) is 1. The zero-order valence-corrected chi connectivity index (χ0v) is 21.8. The van der Waals surface area contributed by atoms with Crippen LogP contribution in [-0.2, 0) is 4.79 Å². The first-order chi connectivity index (χ1) is 17.6. The van der Waals surface area contributed by atoms with Gasteiger partial charge >= 0.3 is 5.97 Å². The number of ether oxygens (including phenoxy) is 1. The van der Waals surface area contributed by atoms with Gasteiger partial charge < -0.3 is 15.2 Å². The second kappa shape index (κ2) is 13.2. The average Bonchev–Trinajstić information content (AvgIpc) is 2.90. The van der Waals surface area contributed by atoms with Crippen LogP contribution in [0.5, 0.6) is 5.75 Å². The third-order valence-corrected chi connectivity index (χ3v) is 7.71. The number of para-hydroxylation sites is 1. The highest BCUT2D eigenvalue weighted by atomic mass is 32.2. The van der Waals surface area contributed by atoms with Crippen molar-refractivity contribution in [2.24, 2.45) is 0 Å². The number of thioether (sulfide) groups is 2. The number of aromatic nitrogens is 2. The Kier molecular flexibility index (Phi) is 9.47. The molecule has 1 heterocycles. The number of aliphatic carboxylic acids is 1. The summed E-state index contributed by atoms with van der Waals surface area (Å²) in [4.78, 5) is 21.4. The second-order valence-corrected chi connectivity index (χ2v) is 10.5. The molecule has 0 aliphatic rings. The molecule has 0 unspecified atom stereocenters. The minimum Gasteiger partial charge on any atom is -0.482 e. The number of anilines is 1. The summed E-state index contributed by atoms with van der Waals surface area (Å²) >= 11 is 3.75. The maximum atomic E-state index is 10.7. The Balaban J connectivity index is 1.20. The van der Waals surface area contributed by atoms with Crippen molar-refractivity contribution in [3.05, 3.63) is 78.4 Å². The molecular formula is C28H29N3O3S2. The molecule has 0 saturated heterocycles. The summed E-state index contributed by atoms with van der Waals surface area (Å²) < 4.78 is 5.29. The van der Waals surface area contributed by atoms with Crippen molar-refractivity contribution in [2.75, 3.05) is 35.7 Å². The molecule has 0 atom stereocenters. The van der Waals surface area contributed by atoms with Gasteiger partial charge in [-0.3, -0.25) is 0 Å². The quantitative estimate of drug-likeness (QED) is 0.155. The van der Waals surface area contributed by atoms with Gasteiger partial charge in [-0.2, -0.15) is 11.8 Å². The van der Waals surface area contributed by atoms with Gasteiger partial charge in [-0.05, 0) is 55.0 Å². The summed E-state index contributed by atoms with van der Waals surface area (Å²) in [5.74, 6) is 4.42. The third-order valence-electron chi connectivity index (χ3n) is 5.39. The molecule has 186 valence electrons. The minimum atomic E-state index is -0.970. The van der Waals surface area contributed by atoms with E-state index in [1.807, 2.05) is 85.4 Å². The highest BCUT2D eigenvalue weighted by Crippen LogP contribution is 2.27. The molecule has 0 fully saturated rings. The fourth-order valence-corrected chi connectivity index (χ4v) is 5.66. The van der Waals surface area contributed by atoms with E-state index in [0.29, 0.717) is 5.75 Å². The molecule has 2 N–H and O–H groups in total. The molecular weight excluding hydrogens is 490 g/mol. The van der Waals surface area contributed by atoms with Gasteiger partial charge in [0.05, 0.1) is 5.52 Å². The SMILES string of the molecule is Cc1cc(SCCSCCCNc2nc(-c3ccccc3)nc3ccccc23)ccc1OCC(=O)O. The molecule has 0 aliphatic heterocycles. The van der Waals surface area contributed by atoms with E-state index in [1.165, 1.54) is 4.90 Å². The van der Waals surface area contributed by atoms with Crippen molar-refractivity contribution in [3.63, 3.8) is 0 Å². The number of hydrogen-bond acceptors (Lipinski definition) is 7. The summed E-state index contributed by atoms with van der Waals surface area (Å²) in [6.07, 6.45) is 1.04. The Morgan fingerprint density at radius 2 is 1.78 bits per heavy atom. The van der Waals surface area contributed by atoms with Crippen LogP contribution in [-0.4, -0.2) is 51.5 Å². The topological polar surface area (TPSA) is 84.3 Å². The third kappa shape index (κ3) is 7.38. The van der Waals surface area contributed by atoms with Gasteiger partial charge in [0, 0.05) is 33.9 Å². The molecule has 36 heavy (non-hydrogen) atoms. The van der Waals surface area contributed by atoms with E-state index in [-0.39, 0.29) is 6.61 Å². The number of carbonyl (C=O) groups is 1. The van der Waals surface area contributed by atoms with Crippen molar-refractivity contribution < 1.29 is 14.6 Å². The first kappa shape index (κ1) is 25.9. The fraction of sp³-hybridized carbons (Fsp3) is 0.250. The monoisotopic (exact) mass is 519 g/mol. The van der Waals surface area contributed by atoms with Gasteiger partial charge in [0.15, 0.2) is 12.4 Å². The first-order valence-electron chi connectivity index (χ1n) is 11.8. The van der Waals surface area contributed by atoms with E-state index in [1.54, 1.807) is 11.8 Å². The molecule has 0 aliphatic carbocycles. The van der Waals surface area contributed by atoms with Crippen LogP contribution in [0.15, 0.2) is 77.7 Å². The summed E-state index contributed by atoms with van der Waals surface area (Å²) in [5, 5.41) is 13.3. The van der Waals surface area contributed by atoms with Crippen LogP contribution in [0.4, 0.5) is 5.82 Å². The molecule has 1 aromatic heterocycles. The van der Waals surface area contributed by atoms with Crippen LogP contribution >= 0.6 is 23.5 Å². The fourth-order valence-electron chi connectivity index (χ4n) is 3.64. The summed E-state index contributed by atoms with van der Waals surface area (Å²) in [6, 6.07) is 24.1. The van der Waals surface area contributed by atoms with Crippen LogP contribution in [0, 0.1) is 6.92 Å². The van der Waals surface area contributed by atoms with E-state index in [2.05, 4.69) is 11.4 Å². The number of nitrogens with zero attached hydrogens (tertiary/aromatic N) is 2. The van der Waals surface area contributed by atoms with Gasteiger partial charge in [0.25, 0.3) is 0 Å². The van der Waals surface area contributed by atoms with Crippen molar-refractivity contribution in [2.45, 2.75) is 18.2 Å². The van der Waals surface area contributed by atoms with E-state index >= 15 is 0 Å². The smallest absolute Gasteiger partial charge is 0.341 e. The van der Waals surface area contributed by atoms with Crippen LogP contribution in [0.1, 0.15) is 12.0 Å². The molecule has 0 amide bonds. The van der Waals surface area contributed by atoms with E-state index < -0.39 is 5.97 Å². The Labute approximate surface area is 219 Å². The molecule has 0 radical (unpaired) electrons. The average molecular weight is 520 g/mol. The van der Waals surface area contributed by atoms with E-state index in [0.717, 1.165) is 63.9 Å². The van der Waals surface area contributed by atoms with Crippen LogP contribution in [0.25, 0.3) is 22.3 Å². The lowest BCUT2D eigenvalue weighted by molar-refractivity contribution is -0.139. The van der Waals surface area contributed by atoms with Crippen LogP contribution in [0.3, 0.4) is 0 Å². The van der Waals surface area contributed by atoms with Gasteiger partial charge in [-0.1, -0.05) is 42.5 Å². The predicted octanol–water partition coefficient (Wildman–Crippen LogP) is 6.40. The van der Waals surface area contributed by atoms with Crippen LogP contribution < -0.4 is 10.1 Å². The highest BCUT2D eigenvalue weighted by molar-refractivity contribution is 8.02. The summed E-state index contributed by atoms with van der Waals surface area (Å²) in [5.41, 5.74) is 2.90.